The SMILES string of the molecule is COCCNCCC(C)CCc1sccc1C. The molecule has 1 aromatic heterocycles. The quantitative estimate of drug-likeness (QED) is 0.684. The van der Waals surface area contributed by atoms with Crippen molar-refractivity contribution in [2.24, 2.45) is 5.92 Å². The van der Waals surface area contributed by atoms with Crippen molar-refractivity contribution >= 4 is 11.3 Å². The van der Waals surface area contributed by atoms with Gasteiger partial charge in [0, 0.05) is 18.5 Å². The van der Waals surface area contributed by atoms with Gasteiger partial charge in [-0.25, -0.2) is 0 Å². The fourth-order valence-electron chi connectivity index (χ4n) is 1.83. The van der Waals surface area contributed by atoms with Crippen LogP contribution in [0.15, 0.2) is 11.4 Å². The number of ether oxygens (including phenoxy) is 1. The third kappa shape index (κ3) is 6.20. The molecule has 0 fully saturated rings. The first-order valence-corrected chi connectivity index (χ1v) is 7.34. The van der Waals surface area contributed by atoms with E-state index < -0.39 is 0 Å². The standard InChI is InChI=1S/C14H25NOS/c1-12(6-8-15-9-10-16-3)4-5-14-13(2)7-11-17-14/h7,11-12,15H,4-6,8-10H2,1-3H3. The van der Waals surface area contributed by atoms with Crippen LogP contribution in [0.4, 0.5) is 0 Å². The minimum absolute atomic E-state index is 0.798. The summed E-state index contributed by atoms with van der Waals surface area (Å²) >= 11 is 1.89. The Labute approximate surface area is 109 Å². The molecule has 1 aromatic rings. The molecule has 3 heteroatoms. The molecule has 1 N–H and O–H groups in total. The normalized spacial score (nSPS) is 12.9. The minimum Gasteiger partial charge on any atom is -0.383 e. The van der Waals surface area contributed by atoms with Crippen LogP contribution >= 0.6 is 11.3 Å². The van der Waals surface area contributed by atoms with Gasteiger partial charge in [-0.2, -0.15) is 0 Å². The zero-order valence-electron chi connectivity index (χ0n) is 11.3. The number of rotatable bonds is 9. The van der Waals surface area contributed by atoms with Crippen LogP contribution in [0.25, 0.3) is 0 Å². The van der Waals surface area contributed by atoms with Gasteiger partial charge in [0.1, 0.15) is 0 Å². The Morgan fingerprint density at radius 3 is 2.82 bits per heavy atom. The van der Waals surface area contributed by atoms with Crippen LogP contribution in [0.1, 0.15) is 30.2 Å². The van der Waals surface area contributed by atoms with Gasteiger partial charge in [-0.05, 0) is 55.7 Å². The van der Waals surface area contributed by atoms with Gasteiger partial charge in [0.25, 0.3) is 0 Å². The van der Waals surface area contributed by atoms with Crippen molar-refractivity contribution in [3.05, 3.63) is 21.9 Å². The van der Waals surface area contributed by atoms with E-state index in [1.807, 2.05) is 11.3 Å². The number of hydrogen-bond acceptors (Lipinski definition) is 3. The van der Waals surface area contributed by atoms with Crippen LogP contribution < -0.4 is 5.32 Å². The maximum atomic E-state index is 5.00. The molecule has 98 valence electrons. The summed E-state index contributed by atoms with van der Waals surface area (Å²) in [6, 6.07) is 2.22. The second-order valence-corrected chi connectivity index (χ2v) is 5.70. The summed E-state index contributed by atoms with van der Waals surface area (Å²) in [4.78, 5) is 1.56. The third-order valence-corrected chi connectivity index (χ3v) is 4.21. The fourth-order valence-corrected chi connectivity index (χ4v) is 2.76. The van der Waals surface area contributed by atoms with E-state index in [0.29, 0.717) is 0 Å². The molecule has 0 radical (unpaired) electrons. The van der Waals surface area contributed by atoms with Crippen molar-refractivity contribution in [3.63, 3.8) is 0 Å². The highest BCUT2D eigenvalue weighted by atomic mass is 32.1. The van der Waals surface area contributed by atoms with E-state index in [1.165, 1.54) is 24.8 Å². The predicted molar refractivity (Wildman–Crippen MR) is 75.9 cm³/mol. The van der Waals surface area contributed by atoms with Crippen LogP contribution in [-0.2, 0) is 11.2 Å². The lowest BCUT2D eigenvalue weighted by atomic mass is 10.0. The monoisotopic (exact) mass is 255 g/mol. The van der Waals surface area contributed by atoms with Gasteiger partial charge in [-0.15, -0.1) is 11.3 Å². The Morgan fingerprint density at radius 1 is 1.35 bits per heavy atom. The molecular weight excluding hydrogens is 230 g/mol. The first-order chi connectivity index (χ1) is 8.24. The molecule has 0 bridgehead atoms. The van der Waals surface area contributed by atoms with E-state index in [4.69, 9.17) is 4.74 Å². The molecule has 0 aliphatic rings. The zero-order valence-corrected chi connectivity index (χ0v) is 12.1. The predicted octanol–water partition coefficient (Wildman–Crippen LogP) is 3.25. The van der Waals surface area contributed by atoms with Crippen LogP contribution in [0.2, 0.25) is 0 Å². The van der Waals surface area contributed by atoms with Crippen LogP contribution in [0, 0.1) is 12.8 Å². The van der Waals surface area contributed by atoms with Crippen molar-refractivity contribution in [1.82, 2.24) is 5.32 Å². The smallest absolute Gasteiger partial charge is 0.0587 e. The molecule has 0 aliphatic heterocycles. The molecule has 0 amide bonds. The van der Waals surface area contributed by atoms with Gasteiger partial charge in [0.2, 0.25) is 0 Å². The average Bonchev–Trinajstić information content (AvgIpc) is 2.72. The van der Waals surface area contributed by atoms with E-state index >= 15 is 0 Å². The van der Waals surface area contributed by atoms with Crippen molar-refractivity contribution in [2.45, 2.75) is 33.1 Å². The molecule has 17 heavy (non-hydrogen) atoms. The van der Waals surface area contributed by atoms with E-state index in [0.717, 1.165) is 25.6 Å². The number of thiophene rings is 1. The Hall–Kier alpha value is -0.380. The molecule has 0 aromatic carbocycles. The van der Waals surface area contributed by atoms with Crippen molar-refractivity contribution in [3.8, 4) is 0 Å². The highest BCUT2D eigenvalue weighted by Crippen LogP contribution is 2.20. The Balaban J connectivity index is 2.05. The zero-order chi connectivity index (χ0) is 12.5. The molecule has 0 spiro atoms. The van der Waals surface area contributed by atoms with Crippen molar-refractivity contribution in [1.29, 1.82) is 0 Å². The maximum Gasteiger partial charge on any atom is 0.0587 e. The Kier molecular flexibility index (Phi) is 7.49. The number of nitrogens with one attached hydrogen (secondary N) is 1. The second kappa shape index (κ2) is 8.67. The van der Waals surface area contributed by atoms with Crippen LogP contribution in [0.5, 0.6) is 0 Å². The number of aryl methyl sites for hydroxylation is 2. The van der Waals surface area contributed by atoms with Gasteiger partial charge < -0.3 is 10.1 Å². The largest absolute Gasteiger partial charge is 0.383 e. The molecule has 0 saturated heterocycles. The van der Waals surface area contributed by atoms with Gasteiger partial charge in [0.15, 0.2) is 0 Å². The Bertz CT molecular complexity index is 298. The first-order valence-electron chi connectivity index (χ1n) is 6.46. The molecule has 1 heterocycles. The van der Waals surface area contributed by atoms with Gasteiger partial charge in [0.05, 0.1) is 6.61 Å². The summed E-state index contributed by atoms with van der Waals surface area (Å²) in [7, 11) is 1.74. The summed E-state index contributed by atoms with van der Waals surface area (Å²) in [5.74, 6) is 0.798. The van der Waals surface area contributed by atoms with E-state index in [9.17, 15) is 0 Å². The second-order valence-electron chi connectivity index (χ2n) is 4.70. The molecule has 1 atom stereocenters. The molecule has 1 rings (SSSR count). The molecule has 0 saturated carbocycles. The summed E-state index contributed by atoms with van der Waals surface area (Å²) in [6.45, 7) is 7.44. The van der Waals surface area contributed by atoms with E-state index in [-0.39, 0.29) is 0 Å². The summed E-state index contributed by atoms with van der Waals surface area (Å²) in [6.07, 6.45) is 3.80. The third-order valence-electron chi connectivity index (χ3n) is 3.13. The molecule has 0 aliphatic carbocycles. The van der Waals surface area contributed by atoms with Crippen molar-refractivity contribution < 1.29 is 4.74 Å². The minimum atomic E-state index is 0.798. The van der Waals surface area contributed by atoms with Gasteiger partial charge >= 0.3 is 0 Å². The lowest BCUT2D eigenvalue weighted by molar-refractivity contribution is 0.199. The summed E-state index contributed by atoms with van der Waals surface area (Å²) in [5, 5.41) is 5.60. The lowest BCUT2D eigenvalue weighted by Gasteiger charge is -2.11. The number of hydrogen-bond donors (Lipinski definition) is 1. The Morgan fingerprint density at radius 2 is 2.18 bits per heavy atom. The van der Waals surface area contributed by atoms with Crippen molar-refractivity contribution in [2.75, 3.05) is 26.8 Å². The highest BCUT2D eigenvalue weighted by Gasteiger charge is 2.05. The molecule has 2 nitrogen and oxygen atoms in total. The topological polar surface area (TPSA) is 21.3 Å². The highest BCUT2D eigenvalue weighted by molar-refractivity contribution is 7.10. The number of methoxy groups -OCH3 is 1. The summed E-state index contributed by atoms with van der Waals surface area (Å²) in [5.41, 5.74) is 1.46. The van der Waals surface area contributed by atoms with Crippen LogP contribution in [-0.4, -0.2) is 26.8 Å². The maximum absolute atomic E-state index is 5.00. The first kappa shape index (κ1) is 14.7. The summed E-state index contributed by atoms with van der Waals surface area (Å²) < 4.78 is 5.00. The fraction of sp³-hybridized carbons (Fsp3) is 0.714. The molecular formula is C14H25NOS. The molecule has 1 unspecified atom stereocenters. The lowest BCUT2D eigenvalue weighted by Crippen LogP contribution is -2.21. The average molecular weight is 255 g/mol. The van der Waals surface area contributed by atoms with E-state index in [2.05, 4.69) is 30.6 Å². The van der Waals surface area contributed by atoms with Gasteiger partial charge in [-0.1, -0.05) is 6.92 Å². The van der Waals surface area contributed by atoms with Crippen LogP contribution in [0.3, 0.4) is 0 Å². The van der Waals surface area contributed by atoms with Gasteiger partial charge in [-0.3, -0.25) is 0 Å². The van der Waals surface area contributed by atoms with E-state index in [1.54, 1.807) is 12.0 Å².